The highest BCUT2D eigenvalue weighted by atomic mass is 127. The number of aromatic nitrogens is 2. The summed E-state index contributed by atoms with van der Waals surface area (Å²) in [5, 5.41) is 4.85. The molecular weight excluding hydrogens is 278 g/mol. The molecular formula is C6H6ClIN2O. The van der Waals surface area contributed by atoms with E-state index >= 15 is 0 Å². The SMILES string of the molecule is Clc1cnn(C2COC2)c1I. The molecule has 1 fully saturated rings. The van der Waals surface area contributed by atoms with Crippen LogP contribution in [0.1, 0.15) is 6.04 Å². The fourth-order valence-electron chi connectivity index (χ4n) is 0.945. The van der Waals surface area contributed by atoms with E-state index < -0.39 is 0 Å². The molecule has 3 nitrogen and oxygen atoms in total. The summed E-state index contributed by atoms with van der Waals surface area (Å²) < 4.78 is 7.95. The van der Waals surface area contributed by atoms with Gasteiger partial charge in [0.1, 0.15) is 3.70 Å². The molecule has 0 N–H and O–H groups in total. The Balaban J connectivity index is 2.29. The van der Waals surface area contributed by atoms with Crippen LogP contribution < -0.4 is 0 Å². The summed E-state index contributed by atoms with van der Waals surface area (Å²) in [5.74, 6) is 0. The fourth-order valence-corrected chi connectivity index (χ4v) is 1.73. The Kier molecular flexibility index (Phi) is 2.07. The van der Waals surface area contributed by atoms with E-state index in [2.05, 4.69) is 27.7 Å². The second kappa shape index (κ2) is 2.91. The lowest BCUT2D eigenvalue weighted by Crippen LogP contribution is -2.32. The van der Waals surface area contributed by atoms with E-state index in [1.165, 1.54) is 0 Å². The minimum absolute atomic E-state index is 0.398. The van der Waals surface area contributed by atoms with Crippen molar-refractivity contribution in [2.45, 2.75) is 6.04 Å². The summed E-state index contributed by atoms with van der Waals surface area (Å²) in [6.45, 7) is 1.52. The Bertz CT molecular complexity index is 272. The van der Waals surface area contributed by atoms with Crippen molar-refractivity contribution >= 4 is 34.2 Å². The van der Waals surface area contributed by atoms with Crippen LogP contribution in [0.4, 0.5) is 0 Å². The molecule has 0 unspecified atom stereocenters. The molecule has 0 radical (unpaired) electrons. The zero-order valence-electron chi connectivity index (χ0n) is 5.63. The number of nitrogens with zero attached hydrogens (tertiary/aromatic N) is 2. The van der Waals surface area contributed by atoms with E-state index in [4.69, 9.17) is 16.3 Å². The molecule has 1 saturated heterocycles. The quantitative estimate of drug-likeness (QED) is 0.734. The van der Waals surface area contributed by atoms with Gasteiger partial charge in [-0.05, 0) is 22.6 Å². The summed E-state index contributed by atoms with van der Waals surface area (Å²) in [6, 6.07) is 0.398. The average molecular weight is 284 g/mol. The van der Waals surface area contributed by atoms with Crippen molar-refractivity contribution in [3.8, 4) is 0 Å². The minimum Gasteiger partial charge on any atom is -0.377 e. The zero-order valence-corrected chi connectivity index (χ0v) is 8.54. The number of hydrogen-bond donors (Lipinski definition) is 0. The molecule has 1 aliphatic rings. The van der Waals surface area contributed by atoms with Crippen molar-refractivity contribution in [2.24, 2.45) is 0 Å². The van der Waals surface area contributed by atoms with E-state index in [1.807, 2.05) is 4.68 Å². The molecule has 0 spiro atoms. The molecule has 0 amide bonds. The smallest absolute Gasteiger partial charge is 0.118 e. The second-order valence-electron chi connectivity index (χ2n) is 2.42. The minimum atomic E-state index is 0.398. The molecule has 2 heterocycles. The van der Waals surface area contributed by atoms with Crippen molar-refractivity contribution in [1.82, 2.24) is 9.78 Å². The van der Waals surface area contributed by atoms with Crippen LogP contribution in [0.3, 0.4) is 0 Å². The van der Waals surface area contributed by atoms with Crippen LogP contribution in [0.25, 0.3) is 0 Å². The van der Waals surface area contributed by atoms with Gasteiger partial charge >= 0.3 is 0 Å². The zero-order chi connectivity index (χ0) is 7.84. The average Bonchev–Trinajstić information content (AvgIpc) is 2.15. The molecule has 1 aromatic rings. The Morgan fingerprint density at radius 1 is 1.73 bits per heavy atom. The first-order chi connectivity index (χ1) is 5.29. The maximum absolute atomic E-state index is 5.82. The van der Waals surface area contributed by atoms with Gasteiger partial charge in [0.15, 0.2) is 0 Å². The van der Waals surface area contributed by atoms with Crippen LogP contribution in [0, 0.1) is 3.70 Å². The third-order valence-electron chi connectivity index (χ3n) is 1.66. The number of hydrogen-bond acceptors (Lipinski definition) is 2. The number of ether oxygens (including phenoxy) is 1. The predicted octanol–water partition coefficient (Wildman–Crippen LogP) is 1.71. The monoisotopic (exact) mass is 284 g/mol. The van der Waals surface area contributed by atoms with Crippen molar-refractivity contribution in [1.29, 1.82) is 0 Å². The van der Waals surface area contributed by atoms with Gasteiger partial charge in [0.05, 0.1) is 30.5 Å². The molecule has 0 aliphatic carbocycles. The summed E-state index contributed by atoms with van der Waals surface area (Å²) in [7, 11) is 0. The van der Waals surface area contributed by atoms with Gasteiger partial charge in [0, 0.05) is 0 Å². The van der Waals surface area contributed by atoms with Gasteiger partial charge in [-0.2, -0.15) is 5.10 Å². The van der Waals surface area contributed by atoms with Gasteiger partial charge in [-0.3, -0.25) is 4.68 Å². The van der Waals surface area contributed by atoms with Crippen LogP contribution in [-0.4, -0.2) is 23.0 Å². The first-order valence-electron chi connectivity index (χ1n) is 3.25. The van der Waals surface area contributed by atoms with Gasteiger partial charge in [0.2, 0.25) is 0 Å². The normalized spacial score (nSPS) is 18.4. The lowest BCUT2D eigenvalue weighted by Gasteiger charge is -2.26. The van der Waals surface area contributed by atoms with Crippen molar-refractivity contribution < 1.29 is 4.74 Å². The van der Waals surface area contributed by atoms with E-state index in [-0.39, 0.29) is 0 Å². The maximum Gasteiger partial charge on any atom is 0.118 e. The van der Waals surface area contributed by atoms with Crippen molar-refractivity contribution in [3.05, 3.63) is 14.9 Å². The third-order valence-corrected chi connectivity index (χ3v) is 3.33. The summed E-state index contributed by atoms with van der Waals surface area (Å²) >= 11 is 8.01. The van der Waals surface area contributed by atoms with Crippen molar-refractivity contribution in [3.63, 3.8) is 0 Å². The Morgan fingerprint density at radius 2 is 2.45 bits per heavy atom. The molecule has 0 aromatic carbocycles. The highest BCUT2D eigenvalue weighted by Crippen LogP contribution is 2.24. The van der Waals surface area contributed by atoms with Crippen LogP contribution in [0.5, 0.6) is 0 Å². The largest absolute Gasteiger partial charge is 0.377 e. The highest BCUT2D eigenvalue weighted by Gasteiger charge is 2.23. The molecule has 0 atom stereocenters. The van der Waals surface area contributed by atoms with Crippen LogP contribution >= 0.6 is 34.2 Å². The molecule has 11 heavy (non-hydrogen) atoms. The maximum atomic E-state index is 5.82. The van der Waals surface area contributed by atoms with E-state index in [0.29, 0.717) is 6.04 Å². The van der Waals surface area contributed by atoms with E-state index in [1.54, 1.807) is 6.20 Å². The van der Waals surface area contributed by atoms with Gasteiger partial charge in [-0.25, -0.2) is 0 Å². The third kappa shape index (κ3) is 1.27. The molecule has 1 aliphatic heterocycles. The molecule has 0 saturated carbocycles. The topological polar surface area (TPSA) is 27.1 Å². The Labute approximate surface area is 82.8 Å². The van der Waals surface area contributed by atoms with E-state index in [9.17, 15) is 0 Å². The molecule has 2 rings (SSSR count). The molecule has 5 heteroatoms. The van der Waals surface area contributed by atoms with Gasteiger partial charge in [0.25, 0.3) is 0 Å². The van der Waals surface area contributed by atoms with Gasteiger partial charge in [-0.1, -0.05) is 11.6 Å². The van der Waals surface area contributed by atoms with E-state index in [0.717, 1.165) is 21.9 Å². The molecule has 0 bridgehead atoms. The highest BCUT2D eigenvalue weighted by molar-refractivity contribution is 14.1. The molecule has 1 aromatic heterocycles. The lowest BCUT2D eigenvalue weighted by molar-refractivity contribution is -0.0297. The first kappa shape index (κ1) is 7.82. The fraction of sp³-hybridized carbons (Fsp3) is 0.500. The van der Waals surface area contributed by atoms with Crippen molar-refractivity contribution in [2.75, 3.05) is 13.2 Å². The molecule has 60 valence electrons. The van der Waals surface area contributed by atoms with Gasteiger partial charge in [-0.15, -0.1) is 0 Å². The Morgan fingerprint density at radius 3 is 2.82 bits per heavy atom. The van der Waals surface area contributed by atoms with Crippen LogP contribution in [0.2, 0.25) is 5.02 Å². The summed E-state index contributed by atoms with van der Waals surface area (Å²) in [5.41, 5.74) is 0. The lowest BCUT2D eigenvalue weighted by atomic mass is 10.3. The number of rotatable bonds is 1. The number of halogens is 2. The van der Waals surface area contributed by atoms with Crippen LogP contribution in [-0.2, 0) is 4.74 Å². The summed E-state index contributed by atoms with van der Waals surface area (Å²) in [4.78, 5) is 0. The van der Waals surface area contributed by atoms with Crippen LogP contribution in [0.15, 0.2) is 6.20 Å². The van der Waals surface area contributed by atoms with Gasteiger partial charge < -0.3 is 4.74 Å². The summed E-state index contributed by atoms with van der Waals surface area (Å²) in [6.07, 6.45) is 1.67. The first-order valence-corrected chi connectivity index (χ1v) is 4.71. The Hall–Kier alpha value is 0.190. The predicted molar refractivity (Wildman–Crippen MR) is 49.8 cm³/mol. The second-order valence-corrected chi connectivity index (χ2v) is 3.85. The standard InChI is InChI=1S/C6H6ClIN2O/c7-5-1-9-10(6(5)8)4-2-11-3-4/h1,4H,2-3H2.